The molecule has 0 spiro atoms. The number of halogens is 1. The van der Waals surface area contributed by atoms with Crippen LogP contribution in [0.5, 0.6) is 0 Å². The fraction of sp³-hybridized carbons (Fsp3) is 0.800. The van der Waals surface area contributed by atoms with Crippen LogP contribution in [0, 0.1) is 5.41 Å². The predicted octanol–water partition coefficient (Wildman–Crippen LogP) is 3.14. The average molecular weight is 233 g/mol. The Morgan fingerprint density at radius 1 is 1.75 bits per heavy atom. The third-order valence-electron chi connectivity index (χ3n) is 2.52. The van der Waals surface area contributed by atoms with E-state index < -0.39 is 0 Å². The van der Waals surface area contributed by atoms with Crippen molar-refractivity contribution in [2.45, 2.75) is 32.3 Å². The first kappa shape index (κ1) is 10.3. The summed E-state index contributed by atoms with van der Waals surface area (Å²) in [4.78, 5) is 0. The Bertz CT molecular complexity index is 152. The molecular formula is C10H17BrO. The molecule has 1 heterocycles. The quantitative estimate of drug-likeness (QED) is 0.535. The molecule has 2 unspecified atom stereocenters. The Kier molecular flexibility index (Phi) is 3.78. The molecule has 12 heavy (non-hydrogen) atoms. The Morgan fingerprint density at radius 3 is 2.92 bits per heavy atom. The van der Waals surface area contributed by atoms with E-state index in [1.165, 1.54) is 12.8 Å². The minimum absolute atomic E-state index is 0.203. The molecule has 0 saturated carbocycles. The topological polar surface area (TPSA) is 9.23 Å². The van der Waals surface area contributed by atoms with E-state index in [4.69, 9.17) is 4.74 Å². The van der Waals surface area contributed by atoms with Crippen molar-refractivity contribution in [3.8, 4) is 0 Å². The van der Waals surface area contributed by atoms with Crippen molar-refractivity contribution in [3.63, 3.8) is 0 Å². The highest BCUT2D eigenvalue weighted by molar-refractivity contribution is 9.09. The van der Waals surface area contributed by atoms with Gasteiger partial charge in [-0.25, -0.2) is 0 Å². The Hall–Kier alpha value is 0.180. The highest BCUT2D eigenvalue weighted by atomic mass is 79.9. The summed E-state index contributed by atoms with van der Waals surface area (Å²) in [6.07, 6.45) is 6.03. The maximum Gasteiger partial charge on any atom is 0.0584 e. The summed E-state index contributed by atoms with van der Waals surface area (Å²) in [5, 5.41) is 0.976. The molecule has 1 aliphatic rings. The van der Waals surface area contributed by atoms with Gasteiger partial charge in [-0.15, -0.1) is 6.58 Å². The number of rotatable bonds is 4. The van der Waals surface area contributed by atoms with Gasteiger partial charge >= 0.3 is 0 Å². The van der Waals surface area contributed by atoms with Crippen LogP contribution in [0.1, 0.15) is 26.2 Å². The van der Waals surface area contributed by atoms with E-state index in [2.05, 4.69) is 29.4 Å². The summed E-state index contributed by atoms with van der Waals surface area (Å²) >= 11 is 3.51. The SMILES string of the molecule is C=CC(C)(CBr)CC1CCCO1. The lowest BCUT2D eigenvalue weighted by Crippen LogP contribution is -2.22. The molecule has 2 atom stereocenters. The molecule has 0 aromatic heterocycles. The molecule has 0 radical (unpaired) electrons. The van der Waals surface area contributed by atoms with Crippen LogP contribution in [0.3, 0.4) is 0 Å². The fourth-order valence-corrected chi connectivity index (χ4v) is 1.98. The van der Waals surface area contributed by atoms with Gasteiger partial charge in [0.05, 0.1) is 6.10 Å². The van der Waals surface area contributed by atoms with Gasteiger partial charge in [0.15, 0.2) is 0 Å². The van der Waals surface area contributed by atoms with Gasteiger partial charge in [0, 0.05) is 11.9 Å². The van der Waals surface area contributed by atoms with Gasteiger partial charge in [-0.2, -0.15) is 0 Å². The van der Waals surface area contributed by atoms with Crippen LogP contribution in [0.4, 0.5) is 0 Å². The minimum atomic E-state index is 0.203. The van der Waals surface area contributed by atoms with Crippen molar-refractivity contribution >= 4 is 15.9 Å². The van der Waals surface area contributed by atoms with E-state index in [0.717, 1.165) is 18.4 Å². The van der Waals surface area contributed by atoms with E-state index >= 15 is 0 Å². The normalized spacial score (nSPS) is 28.3. The van der Waals surface area contributed by atoms with Crippen LogP contribution in [0.15, 0.2) is 12.7 Å². The van der Waals surface area contributed by atoms with Crippen molar-refractivity contribution in [2.24, 2.45) is 5.41 Å². The molecule has 0 aromatic rings. The standard InChI is InChI=1S/C10H17BrO/c1-3-10(2,8-11)7-9-5-4-6-12-9/h3,9H,1,4-8H2,2H3. The second-order valence-corrected chi connectivity index (χ2v) is 4.39. The van der Waals surface area contributed by atoms with E-state index in [0.29, 0.717) is 6.10 Å². The van der Waals surface area contributed by atoms with Gasteiger partial charge < -0.3 is 4.74 Å². The summed E-state index contributed by atoms with van der Waals surface area (Å²) in [6.45, 7) is 7.02. The number of ether oxygens (including phenoxy) is 1. The summed E-state index contributed by atoms with van der Waals surface area (Å²) < 4.78 is 5.58. The van der Waals surface area contributed by atoms with Crippen LogP contribution in [-0.2, 0) is 4.74 Å². The zero-order valence-electron chi connectivity index (χ0n) is 7.68. The minimum Gasteiger partial charge on any atom is -0.378 e. The van der Waals surface area contributed by atoms with Gasteiger partial charge in [0.2, 0.25) is 0 Å². The highest BCUT2D eigenvalue weighted by Crippen LogP contribution is 2.31. The van der Waals surface area contributed by atoms with Crippen molar-refractivity contribution in [2.75, 3.05) is 11.9 Å². The number of hydrogen-bond donors (Lipinski definition) is 0. The number of hydrogen-bond acceptors (Lipinski definition) is 1. The summed E-state index contributed by atoms with van der Waals surface area (Å²) in [7, 11) is 0. The third kappa shape index (κ3) is 2.60. The predicted molar refractivity (Wildman–Crippen MR) is 55.7 cm³/mol. The third-order valence-corrected chi connectivity index (χ3v) is 3.80. The van der Waals surface area contributed by atoms with E-state index in [1.807, 2.05) is 6.08 Å². The molecule has 1 fully saturated rings. The molecule has 2 heteroatoms. The molecule has 0 N–H and O–H groups in total. The Labute approximate surface area is 83.3 Å². The molecule has 0 aromatic carbocycles. The van der Waals surface area contributed by atoms with Gasteiger partial charge in [0.25, 0.3) is 0 Å². The van der Waals surface area contributed by atoms with Gasteiger partial charge in [0.1, 0.15) is 0 Å². The number of alkyl halides is 1. The molecule has 1 nitrogen and oxygen atoms in total. The summed E-state index contributed by atoms with van der Waals surface area (Å²) in [5.74, 6) is 0. The lowest BCUT2D eigenvalue weighted by atomic mass is 9.86. The van der Waals surface area contributed by atoms with Crippen LogP contribution in [0.2, 0.25) is 0 Å². The van der Waals surface area contributed by atoms with Gasteiger partial charge in [-0.1, -0.05) is 28.9 Å². The van der Waals surface area contributed by atoms with Crippen molar-refractivity contribution in [3.05, 3.63) is 12.7 Å². The zero-order valence-corrected chi connectivity index (χ0v) is 9.27. The molecular weight excluding hydrogens is 216 g/mol. The monoisotopic (exact) mass is 232 g/mol. The molecule has 0 aliphatic carbocycles. The molecule has 0 amide bonds. The first-order chi connectivity index (χ1) is 5.70. The van der Waals surface area contributed by atoms with E-state index in [9.17, 15) is 0 Å². The largest absolute Gasteiger partial charge is 0.378 e. The smallest absolute Gasteiger partial charge is 0.0584 e. The highest BCUT2D eigenvalue weighted by Gasteiger charge is 2.26. The van der Waals surface area contributed by atoms with E-state index in [1.54, 1.807) is 0 Å². The fourth-order valence-electron chi connectivity index (χ4n) is 1.52. The maximum absolute atomic E-state index is 5.58. The second-order valence-electron chi connectivity index (χ2n) is 3.83. The van der Waals surface area contributed by atoms with Crippen molar-refractivity contribution < 1.29 is 4.74 Å². The zero-order chi connectivity index (χ0) is 9.03. The van der Waals surface area contributed by atoms with Crippen LogP contribution < -0.4 is 0 Å². The van der Waals surface area contributed by atoms with Gasteiger partial charge in [-0.05, 0) is 24.7 Å². The van der Waals surface area contributed by atoms with E-state index in [-0.39, 0.29) is 5.41 Å². The first-order valence-corrected chi connectivity index (χ1v) is 5.63. The average Bonchev–Trinajstić information content (AvgIpc) is 2.57. The maximum atomic E-state index is 5.58. The second kappa shape index (κ2) is 4.43. The Morgan fingerprint density at radius 2 is 2.50 bits per heavy atom. The molecule has 1 aliphatic heterocycles. The summed E-state index contributed by atoms with van der Waals surface area (Å²) in [6, 6.07) is 0. The molecule has 0 bridgehead atoms. The summed E-state index contributed by atoms with van der Waals surface area (Å²) in [5.41, 5.74) is 0.203. The van der Waals surface area contributed by atoms with Crippen LogP contribution >= 0.6 is 15.9 Å². The van der Waals surface area contributed by atoms with Crippen LogP contribution in [0.25, 0.3) is 0 Å². The van der Waals surface area contributed by atoms with Gasteiger partial charge in [-0.3, -0.25) is 0 Å². The lowest BCUT2D eigenvalue weighted by Gasteiger charge is -2.25. The van der Waals surface area contributed by atoms with Crippen molar-refractivity contribution in [1.82, 2.24) is 0 Å². The van der Waals surface area contributed by atoms with Crippen LogP contribution in [-0.4, -0.2) is 18.0 Å². The Balaban J connectivity index is 2.40. The molecule has 70 valence electrons. The molecule has 1 saturated heterocycles. The number of allylic oxidation sites excluding steroid dienone is 1. The lowest BCUT2D eigenvalue weighted by molar-refractivity contribution is 0.0835. The first-order valence-electron chi connectivity index (χ1n) is 4.51. The van der Waals surface area contributed by atoms with Crippen molar-refractivity contribution in [1.29, 1.82) is 0 Å². The molecule has 1 rings (SSSR count).